The third kappa shape index (κ3) is 2.79. The standard InChI is InChI=1S/C11H15BrN2/c12-10-5-9(6-13-8-10)7-14-11-3-1-2-4-11/h5-6,8,11,14H,1-4,7H2. The van der Waals surface area contributed by atoms with Gasteiger partial charge in [0.2, 0.25) is 0 Å². The van der Waals surface area contributed by atoms with Crippen LogP contribution in [0, 0.1) is 0 Å². The Bertz CT molecular complexity index is 295. The summed E-state index contributed by atoms with van der Waals surface area (Å²) in [6.07, 6.45) is 9.18. The number of halogens is 1. The van der Waals surface area contributed by atoms with Gasteiger partial charge in [-0.05, 0) is 40.4 Å². The average molecular weight is 255 g/mol. The van der Waals surface area contributed by atoms with Gasteiger partial charge in [0.25, 0.3) is 0 Å². The molecule has 1 N–H and O–H groups in total. The van der Waals surface area contributed by atoms with Gasteiger partial charge < -0.3 is 5.32 Å². The van der Waals surface area contributed by atoms with Gasteiger partial charge in [-0.15, -0.1) is 0 Å². The summed E-state index contributed by atoms with van der Waals surface area (Å²) in [4.78, 5) is 4.14. The van der Waals surface area contributed by atoms with Gasteiger partial charge in [-0.2, -0.15) is 0 Å². The monoisotopic (exact) mass is 254 g/mol. The molecule has 3 heteroatoms. The minimum Gasteiger partial charge on any atom is -0.310 e. The highest BCUT2D eigenvalue weighted by molar-refractivity contribution is 9.10. The maximum absolute atomic E-state index is 4.14. The number of pyridine rings is 1. The van der Waals surface area contributed by atoms with Crippen LogP contribution in [0.25, 0.3) is 0 Å². The Morgan fingerprint density at radius 2 is 2.14 bits per heavy atom. The molecule has 0 atom stereocenters. The van der Waals surface area contributed by atoms with Crippen molar-refractivity contribution in [3.8, 4) is 0 Å². The van der Waals surface area contributed by atoms with Gasteiger partial charge in [0.05, 0.1) is 0 Å². The van der Waals surface area contributed by atoms with Crippen LogP contribution in [-0.2, 0) is 6.54 Å². The fraction of sp³-hybridized carbons (Fsp3) is 0.545. The van der Waals surface area contributed by atoms with Crippen LogP contribution < -0.4 is 5.32 Å². The maximum atomic E-state index is 4.14. The summed E-state index contributed by atoms with van der Waals surface area (Å²) in [7, 11) is 0. The van der Waals surface area contributed by atoms with E-state index in [-0.39, 0.29) is 0 Å². The molecule has 0 bridgehead atoms. The van der Waals surface area contributed by atoms with Crippen molar-refractivity contribution in [2.75, 3.05) is 0 Å². The van der Waals surface area contributed by atoms with Crippen molar-refractivity contribution in [1.82, 2.24) is 10.3 Å². The Labute approximate surface area is 93.3 Å². The van der Waals surface area contributed by atoms with Crippen LogP contribution in [0.4, 0.5) is 0 Å². The first kappa shape index (κ1) is 10.1. The van der Waals surface area contributed by atoms with Crippen molar-refractivity contribution in [2.45, 2.75) is 38.3 Å². The molecule has 1 aromatic heterocycles. The lowest BCUT2D eigenvalue weighted by molar-refractivity contribution is 0.523. The Morgan fingerprint density at radius 1 is 1.36 bits per heavy atom. The Hall–Kier alpha value is -0.410. The summed E-state index contributed by atoms with van der Waals surface area (Å²) >= 11 is 3.43. The summed E-state index contributed by atoms with van der Waals surface area (Å²) in [6.45, 7) is 0.942. The quantitative estimate of drug-likeness (QED) is 0.898. The number of nitrogens with one attached hydrogen (secondary N) is 1. The molecule has 0 amide bonds. The predicted octanol–water partition coefficient (Wildman–Crippen LogP) is 2.88. The first-order chi connectivity index (χ1) is 6.84. The second kappa shape index (κ2) is 4.89. The van der Waals surface area contributed by atoms with Crippen molar-refractivity contribution in [3.05, 3.63) is 28.5 Å². The first-order valence-corrected chi connectivity index (χ1v) is 5.97. The van der Waals surface area contributed by atoms with Crippen LogP contribution in [0.3, 0.4) is 0 Å². The van der Waals surface area contributed by atoms with Crippen LogP contribution >= 0.6 is 15.9 Å². The maximum Gasteiger partial charge on any atom is 0.0410 e. The molecule has 76 valence electrons. The Morgan fingerprint density at radius 3 is 2.86 bits per heavy atom. The SMILES string of the molecule is Brc1cncc(CNC2CCCC2)c1. The zero-order valence-corrected chi connectivity index (χ0v) is 9.76. The van der Waals surface area contributed by atoms with E-state index in [4.69, 9.17) is 0 Å². The molecule has 1 aromatic rings. The van der Waals surface area contributed by atoms with Gasteiger partial charge in [0.15, 0.2) is 0 Å². The summed E-state index contributed by atoms with van der Waals surface area (Å²) in [5, 5.41) is 3.56. The molecule has 14 heavy (non-hydrogen) atoms. The van der Waals surface area contributed by atoms with Gasteiger partial charge in [0.1, 0.15) is 0 Å². The smallest absolute Gasteiger partial charge is 0.0410 e. The van der Waals surface area contributed by atoms with Crippen molar-refractivity contribution in [3.63, 3.8) is 0 Å². The molecule has 1 aliphatic rings. The minimum absolute atomic E-state index is 0.731. The average Bonchev–Trinajstić information content (AvgIpc) is 2.67. The van der Waals surface area contributed by atoms with Gasteiger partial charge in [0, 0.05) is 29.5 Å². The highest BCUT2D eigenvalue weighted by atomic mass is 79.9. The summed E-state index contributed by atoms with van der Waals surface area (Å²) in [5.41, 5.74) is 1.26. The molecule has 0 saturated heterocycles. The van der Waals surface area contributed by atoms with Crippen molar-refractivity contribution in [1.29, 1.82) is 0 Å². The fourth-order valence-electron chi connectivity index (χ4n) is 1.94. The summed E-state index contributed by atoms with van der Waals surface area (Å²) in [5.74, 6) is 0. The number of aromatic nitrogens is 1. The number of hydrogen-bond acceptors (Lipinski definition) is 2. The van der Waals surface area contributed by atoms with Gasteiger partial charge in [-0.1, -0.05) is 12.8 Å². The zero-order chi connectivity index (χ0) is 9.80. The lowest BCUT2D eigenvalue weighted by atomic mass is 10.2. The zero-order valence-electron chi connectivity index (χ0n) is 8.17. The minimum atomic E-state index is 0.731. The third-order valence-electron chi connectivity index (χ3n) is 2.71. The lowest BCUT2D eigenvalue weighted by Gasteiger charge is -2.11. The highest BCUT2D eigenvalue weighted by Crippen LogP contribution is 2.18. The molecule has 1 heterocycles. The number of nitrogens with zero attached hydrogens (tertiary/aromatic N) is 1. The van der Waals surface area contributed by atoms with E-state index in [1.54, 1.807) is 0 Å². The van der Waals surface area contributed by atoms with E-state index in [2.05, 4.69) is 32.3 Å². The van der Waals surface area contributed by atoms with Crippen molar-refractivity contribution >= 4 is 15.9 Å². The van der Waals surface area contributed by atoms with Gasteiger partial charge in [-0.25, -0.2) is 0 Å². The molecule has 2 rings (SSSR count). The topological polar surface area (TPSA) is 24.9 Å². The van der Waals surface area contributed by atoms with Crippen LogP contribution in [0.1, 0.15) is 31.2 Å². The van der Waals surface area contributed by atoms with E-state index in [9.17, 15) is 0 Å². The summed E-state index contributed by atoms with van der Waals surface area (Å²) in [6, 6.07) is 2.85. The molecule has 0 aromatic carbocycles. The first-order valence-electron chi connectivity index (χ1n) is 5.17. The Kier molecular flexibility index (Phi) is 3.54. The normalized spacial score (nSPS) is 17.5. The van der Waals surface area contributed by atoms with E-state index in [1.165, 1.54) is 31.2 Å². The second-order valence-electron chi connectivity index (χ2n) is 3.87. The van der Waals surface area contributed by atoms with Crippen LogP contribution in [0.5, 0.6) is 0 Å². The predicted molar refractivity (Wildman–Crippen MR) is 61.0 cm³/mol. The summed E-state index contributed by atoms with van der Waals surface area (Å²) < 4.78 is 1.06. The van der Waals surface area contributed by atoms with Crippen molar-refractivity contribution < 1.29 is 0 Å². The number of rotatable bonds is 3. The molecule has 2 nitrogen and oxygen atoms in total. The molecule has 0 radical (unpaired) electrons. The van der Waals surface area contributed by atoms with Crippen LogP contribution in [0.2, 0.25) is 0 Å². The van der Waals surface area contributed by atoms with Crippen molar-refractivity contribution in [2.24, 2.45) is 0 Å². The van der Waals surface area contributed by atoms with Gasteiger partial charge >= 0.3 is 0 Å². The molecule has 0 spiro atoms. The molecule has 1 aliphatic carbocycles. The van der Waals surface area contributed by atoms with Crippen LogP contribution in [-0.4, -0.2) is 11.0 Å². The number of hydrogen-bond donors (Lipinski definition) is 1. The van der Waals surface area contributed by atoms with E-state index in [1.807, 2.05) is 12.4 Å². The largest absolute Gasteiger partial charge is 0.310 e. The van der Waals surface area contributed by atoms with E-state index in [0.717, 1.165) is 17.1 Å². The molecular formula is C11H15BrN2. The van der Waals surface area contributed by atoms with E-state index >= 15 is 0 Å². The third-order valence-corrected chi connectivity index (χ3v) is 3.15. The lowest BCUT2D eigenvalue weighted by Crippen LogP contribution is -2.25. The molecule has 1 fully saturated rings. The molecule has 1 saturated carbocycles. The van der Waals surface area contributed by atoms with E-state index < -0.39 is 0 Å². The molecular weight excluding hydrogens is 240 g/mol. The van der Waals surface area contributed by atoms with Crippen LogP contribution in [0.15, 0.2) is 22.9 Å². The van der Waals surface area contributed by atoms with E-state index in [0.29, 0.717) is 0 Å². The fourth-order valence-corrected chi connectivity index (χ4v) is 2.36. The molecule has 0 unspecified atom stereocenters. The second-order valence-corrected chi connectivity index (χ2v) is 4.79. The highest BCUT2D eigenvalue weighted by Gasteiger charge is 2.13. The Balaban J connectivity index is 1.85. The molecule has 0 aliphatic heterocycles. The van der Waals surface area contributed by atoms with Gasteiger partial charge in [-0.3, -0.25) is 4.98 Å².